The van der Waals surface area contributed by atoms with Crippen LogP contribution in [-0.2, 0) is 0 Å². The van der Waals surface area contributed by atoms with Crippen LogP contribution in [0.4, 0.5) is 4.79 Å². The zero-order valence-electron chi connectivity index (χ0n) is 9.10. The first-order valence-electron chi connectivity index (χ1n) is 5.32. The molecular formula is C10H21N3O. The molecule has 1 rings (SSSR count). The Morgan fingerprint density at radius 1 is 1.50 bits per heavy atom. The standard InChI is InChI=1S/C10H21N3O/c1-8(2)13-9(14)12-7-10(6-11)4-3-5-10/h8H,3-7,11H2,1-2H3,(H2,12,13,14). The Kier molecular flexibility index (Phi) is 3.75. The largest absolute Gasteiger partial charge is 0.338 e. The van der Waals surface area contributed by atoms with Crippen LogP contribution in [-0.4, -0.2) is 25.2 Å². The Morgan fingerprint density at radius 2 is 2.14 bits per heavy atom. The van der Waals surface area contributed by atoms with Crippen LogP contribution < -0.4 is 16.4 Å². The Bertz CT molecular complexity index is 194. The van der Waals surface area contributed by atoms with Gasteiger partial charge < -0.3 is 16.4 Å². The highest BCUT2D eigenvalue weighted by atomic mass is 16.2. The maximum absolute atomic E-state index is 11.3. The molecule has 0 heterocycles. The molecule has 0 aromatic carbocycles. The van der Waals surface area contributed by atoms with Crippen LogP contribution in [0.1, 0.15) is 33.1 Å². The van der Waals surface area contributed by atoms with Crippen LogP contribution in [0.25, 0.3) is 0 Å². The summed E-state index contributed by atoms with van der Waals surface area (Å²) in [5, 5.41) is 5.67. The molecule has 1 fully saturated rings. The summed E-state index contributed by atoms with van der Waals surface area (Å²) in [5.41, 5.74) is 5.87. The third-order valence-corrected chi connectivity index (χ3v) is 2.89. The van der Waals surface area contributed by atoms with Crippen molar-refractivity contribution in [3.05, 3.63) is 0 Å². The molecule has 14 heavy (non-hydrogen) atoms. The lowest BCUT2D eigenvalue weighted by Crippen LogP contribution is -2.50. The molecule has 0 aliphatic heterocycles. The minimum atomic E-state index is -0.0836. The molecule has 82 valence electrons. The molecule has 1 aliphatic carbocycles. The van der Waals surface area contributed by atoms with Crippen LogP contribution in [0, 0.1) is 5.41 Å². The van der Waals surface area contributed by atoms with E-state index in [4.69, 9.17) is 5.73 Å². The maximum atomic E-state index is 11.3. The average Bonchev–Trinajstić information content (AvgIpc) is 2.01. The van der Waals surface area contributed by atoms with E-state index in [2.05, 4.69) is 10.6 Å². The molecule has 0 atom stereocenters. The summed E-state index contributed by atoms with van der Waals surface area (Å²) in [6.07, 6.45) is 3.53. The molecule has 0 radical (unpaired) electrons. The number of rotatable bonds is 4. The molecule has 0 aromatic heterocycles. The van der Waals surface area contributed by atoms with Crippen molar-refractivity contribution in [1.29, 1.82) is 0 Å². The fraction of sp³-hybridized carbons (Fsp3) is 0.900. The number of carbonyl (C=O) groups excluding carboxylic acids is 1. The van der Waals surface area contributed by atoms with Gasteiger partial charge in [0.15, 0.2) is 0 Å². The summed E-state index contributed by atoms with van der Waals surface area (Å²) in [5.74, 6) is 0. The van der Waals surface area contributed by atoms with Gasteiger partial charge in [0, 0.05) is 18.0 Å². The third-order valence-electron chi connectivity index (χ3n) is 2.89. The van der Waals surface area contributed by atoms with Gasteiger partial charge in [-0.25, -0.2) is 4.79 Å². The summed E-state index contributed by atoms with van der Waals surface area (Å²) in [6, 6.07) is 0.102. The first-order chi connectivity index (χ1) is 6.58. The zero-order valence-corrected chi connectivity index (χ0v) is 9.10. The van der Waals surface area contributed by atoms with E-state index >= 15 is 0 Å². The van der Waals surface area contributed by atoms with Crippen LogP contribution >= 0.6 is 0 Å². The number of urea groups is 1. The average molecular weight is 199 g/mol. The lowest BCUT2D eigenvalue weighted by molar-refractivity contribution is 0.142. The fourth-order valence-corrected chi connectivity index (χ4v) is 1.71. The van der Waals surface area contributed by atoms with E-state index in [0.29, 0.717) is 13.1 Å². The summed E-state index contributed by atoms with van der Waals surface area (Å²) in [4.78, 5) is 11.3. The zero-order chi connectivity index (χ0) is 10.6. The molecule has 0 spiro atoms. The van der Waals surface area contributed by atoms with Gasteiger partial charge >= 0.3 is 6.03 Å². The van der Waals surface area contributed by atoms with Crippen molar-refractivity contribution in [3.8, 4) is 0 Å². The minimum Gasteiger partial charge on any atom is -0.338 e. The second kappa shape index (κ2) is 4.64. The molecule has 1 aliphatic rings. The summed E-state index contributed by atoms with van der Waals surface area (Å²) in [6.45, 7) is 5.28. The third kappa shape index (κ3) is 2.87. The number of hydrogen-bond acceptors (Lipinski definition) is 2. The molecule has 0 unspecified atom stereocenters. The Balaban J connectivity index is 2.22. The van der Waals surface area contributed by atoms with Crippen LogP contribution in [0.15, 0.2) is 0 Å². The van der Waals surface area contributed by atoms with Gasteiger partial charge in [0.05, 0.1) is 0 Å². The Labute approximate surface area is 85.6 Å². The van der Waals surface area contributed by atoms with E-state index in [1.165, 1.54) is 6.42 Å². The van der Waals surface area contributed by atoms with E-state index in [-0.39, 0.29) is 17.5 Å². The van der Waals surface area contributed by atoms with Gasteiger partial charge in [0.25, 0.3) is 0 Å². The van der Waals surface area contributed by atoms with Gasteiger partial charge in [-0.05, 0) is 33.2 Å². The number of carbonyl (C=O) groups is 1. The molecule has 2 amide bonds. The molecule has 4 nitrogen and oxygen atoms in total. The van der Waals surface area contributed by atoms with Crippen molar-refractivity contribution < 1.29 is 4.79 Å². The van der Waals surface area contributed by atoms with Crippen LogP contribution in [0.5, 0.6) is 0 Å². The minimum absolute atomic E-state index is 0.0836. The van der Waals surface area contributed by atoms with Crippen molar-refractivity contribution in [2.24, 2.45) is 11.1 Å². The Hall–Kier alpha value is -0.770. The highest BCUT2D eigenvalue weighted by Crippen LogP contribution is 2.38. The number of nitrogens with one attached hydrogen (secondary N) is 2. The van der Waals surface area contributed by atoms with Gasteiger partial charge in [-0.3, -0.25) is 0 Å². The second-order valence-corrected chi connectivity index (χ2v) is 4.54. The quantitative estimate of drug-likeness (QED) is 0.627. The molecule has 0 bridgehead atoms. The van der Waals surface area contributed by atoms with Crippen molar-refractivity contribution in [2.45, 2.75) is 39.2 Å². The predicted molar refractivity (Wildman–Crippen MR) is 57.0 cm³/mol. The molecule has 4 heteroatoms. The van der Waals surface area contributed by atoms with E-state index in [0.717, 1.165) is 12.8 Å². The van der Waals surface area contributed by atoms with Crippen molar-refractivity contribution in [3.63, 3.8) is 0 Å². The van der Waals surface area contributed by atoms with Gasteiger partial charge in [0.1, 0.15) is 0 Å². The summed E-state index contributed by atoms with van der Waals surface area (Å²) < 4.78 is 0. The summed E-state index contributed by atoms with van der Waals surface area (Å²) >= 11 is 0. The van der Waals surface area contributed by atoms with Gasteiger partial charge in [-0.15, -0.1) is 0 Å². The first-order valence-corrected chi connectivity index (χ1v) is 5.32. The van der Waals surface area contributed by atoms with E-state index < -0.39 is 0 Å². The van der Waals surface area contributed by atoms with Crippen molar-refractivity contribution >= 4 is 6.03 Å². The molecule has 4 N–H and O–H groups in total. The molecule has 0 saturated heterocycles. The lowest BCUT2D eigenvalue weighted by atomic mass is 9.69. The highest BCUT2D eigenvalue weighted by Gasteiger charge is 2.35. The SMILES string of the molecule is CC(C)NC(=O)NCC1(CN)CCC1. The van der Waals surface area contributed by atoms with Crippen LogP contribution in [0.2, 0.25) is 0 Å². The monoisotopic (exact) mass is 199 g/mol. The lowest BCUT2D eigenvalue weighted by Gasteiger charge is -2.41. The maximum Gasteiger partial charge on any atom is 0.315 e. The van der Waals surface area contributed by atoms with E-state index in [9.17, 15) is 4.79 Å². The first kappa shape index (κ1) is 11.3. The number of nitrogens with two attached hydrogens (primary N) is 1. The van der Waals surface area contributed by atoms with Crippen molar-refractivity contribution in [2.75, 3.05) is 13.1 Å². The number of amides is 2. The summed E-state index contributed by atoms with van der Waals surface area (Å²) in [7, 11) is 0. The second-order valence-electron chi connectivity index (χ2n) is 4.54. The van der Waals surface area contributed by atoms with Gasteiger partial charge in [0.2, 0.25) is 0 Å². The topological polar surface area (TPSA) is 67.2 Å². The molecule has 1 saturated carbocycles. The molecule has 0 aromatic rings. The Morgan fingerprint density at radius 3 is 2.50 bits per heavy atom. The smallest absolute Gasteiger partial charge is 0.315 e. The normalized spacial score (nSPS) is 18.9. The van der Waals surface area contributed by atoms with Crippen molar-refractivity contribution in [1.82, 2.24) is 10.6 Å². The number of hydrogen-bond donors (Lipinski definition) is 3. The molecular weight excluding hydrogens is 178 g/mol. The van der Waals surface area contributed by atoms with E-state index in [1.54, 1.807) is 0 Å². The van der Waals surface area contributed by atoms with Gasteiger partial charge in [-0.1, -0.05) is 6.42 Å². The predicted octanol–water partition coefficient (Wildman–Crippen LogP) is 0.823. The van der Waals surface area contributed by atoms with Gasteiger partial charge in [-0.2, -0.15) is 0 Å². The van der Waals surface area contributed by atoms with Crippen LogP contribution in [0.3, 0.4) is 0 Å². The van der Waals surface area contributed by atoms with E-state index in [1.807, 2.05) is 13.8 Å². The highest BCUT2D eigenvalue weighted by molar-refractivity contribution is 5.74. The fourth-order valence-electron chi connectivity index (χ4n) is 1.71.